The van der Waals surface area contributed by atoms with Gasteiger partial charge in [0.2, 0.25) is 0 Å². The van der Waals surface area contributed by atoms with E-state index in [1.54, 1.807) is 0 Å². The van der Waals surface area contributed by atoms with E-state index < -0.39 is 0 Å². The van der Waals surface area contributed by atoms with Crippen molar-refractivity contribution in [3.05, 3.63) is 192 Å². The minimum atomic E-state index is -0.143. The summed E-state index contributed by atoms with van der Waals surface area (Å²) in [6.45, 7) is 9.69. The Morgan fingerprint density at radius 1 is 0.407 bits per heavy atom. The average Bonchev–Trinajstić information content (AvgIpc) is 3.85. The lowest BCUT2D eigenvalue weighted by Gasteiger charge is -2.24. The summed E-state index contributed by atoms with van der Waals surface area (Å²) in [5.74, 6) is 0.947. The number of rotatable bonds is 3. The molecule has 0 spiro atoms. The van der Waals surface area contributed by atoms with Crippen LogP contribution in [0.2, 0.25) is 0 Å². The number of fused-ring (bicyclic) bond motifs is 10. The van der Waals surface area contributed by atoms with Gasteiger partial charge in [0, 0.05) is 22.1 Å². The number of imidazole rings is 1. The predicted molar refractivity (Wildman–Crippen MR) is 248 cm³/mol. The molecule has 0 saturated heterocycles. The van der Waals surface area contributed by atoms with Crippen LogP contribution in [0.3, 0.4) is 0 Å². The molecule has 0 saturated carbocycles. The average molecular weight is 753 g/mol. The maximum absolute atomic E-state index is 5.13. The van der Waals surface area contributed by atoms with Gasteiger partial charge < -0.3 is 0 Å². The molecule has 0 unspecified atom stereocenters. The van der Waals surface area contributed by atoms with Crippen molar-refractivity contribution in [2.24, 2.45) is 0 Å². The molecule has 2 nitrogen and oxygen atoms in total. The van der Waals surface area contributed by atoms with Crippen LogP contribution in [0.15, 0.2) is 170 Å². The maximum atomic E-state index is 5.13. The zero-order valence-electron chi connectivity index (χ0n) is 33.6. The predicted octanol–water partition coefficient (Wildman–Crippen LogP) is 15.0. The molecule has 2 heteroatoms. The van der Waals surface area contributed by atoms with E-state index in [0.717, 1.165) is 28.1 Å². The lowest BCUT2D eigenvalue weighted by Crippen LogP contribution is -2.17. The summed E-state index contributed by atoms with van der Waals surface area (Å²) in [6.07, 6.45) is 0. The van der Waals surface area contributed by atoms with Crippen molar-refractivity contribution in [3.63, 3.8) is 0 Å². The van der Waals surface area contributed by atoms with Crippen LogP contribution in [0.1, 0.15) is 49.9 Å². The van der Waals surface area contributed by atoms with E-state index in [0.29, 0.717) is 0 Å². The highest BCUT2D eigenvalue weighted by Crippen LogP contribution is 2.59. The highest BCUT2D eigenvalue weighted by Gasteiger charge is 2.43. The van der Waals surface area contributed by atoms with Crippen LogP contribution in [-0.2, 0) is 10.8 Å². The molecule has 2 aliphatic carbocycles. The molecule has 0 radical (unpaired) electrons. The summed E-state index contributed by atoms with van der Waals surface area (Å²) in [4.78, 5) is 5.13. The van der Waals surface area contributed by atoms with E-state index in [4.69, 9.17) is 4.98 Å². The summed E-state index contributed by atoms with van der Waals surface area (Å²) in [5.41, 5.74) is 17.8. The minimum absolute atomic E-state index is 0.0982. The van der Waals surface area contributed by atoms with Crippen LogP contribution in [0.4, 0.5) is 0 Å². The second-order valence-corrected chi connectivity index (χ2v) is 17.9. The van der Waals surface area contributed by atoms with Gasteiger partial charge in [-0.05, 0) is 141 Å². The summed E-state index contributed by atoms with van der Waals surface area (Å²) < 4.78 is 2.27. The standard InChI is InChI=1S/C57H40N2/c1-56(2)45-29-25-33-12-8-9-15-40(33)53(45)43-31-47-44(32-46(43)56)54-42-28-23-35-22-26-39(41-27-24-37(52(42)51(35)41)30-48(54)57(47,3)4)34-18-20-36(21-19-34)55-58-49-16-10-11-17-50(49)59(55)38-13-6-5-7-14-38/h5-32H,1-4H3. The molecule has 13 rings (SSSR count). The summed E-state index contributed by atoms with van der Waals surface area (Å²) in [6, 6.07) is 63.3. The van der Waals surface area contributed by atoms with Crippen LogP contribution in [0.5, 0.6) is 0 Å². The molecule has 59 heavy (non-hydrogen) atoms. The van der Waals surface area contributed by atoms with Crippen molar-refractivity contribution in [1.29, 1.82) is 0 Å². The fourth-order valence-electron chi connectivity index (χ4n) is 11.2. The topological polar surface area (TPSA) is 17.8 Å². The highest BCUT2D eigenvalue weighted by atomic mass is 15.1. The number of nitrogens with zero attached hydrogens (tertiary/aromatic N) is 2. The van der Waals surface area contributed by atoms with E-state index in [2.05, 4.69) is 202 Å². The molecule has 2 aliphatic rings. The Kier molecular flexibility index (Phi) is 6.34. The van der Waals surface area contributed by atoms with Crippen LogP contribution in [0.25, 0.3) is 105 Å². The largest absolute Gasteiger partial charge is 0.292 e. The van der Waals surface area contributed by atoms with E-state index in [9.17, 15) is 0 Å². The first kappa shape index (κ1) is 33.0. The third-order valence-corrected chi connectivity index (χ3v) is 14.1. The highest BCUT2D eigenvalue weighted by molar-refractivity contribution is 6.28. The molecule has 278 valence electrons. The van der Waals surface area contributed by atoms with Gasteiger partial charge in [-0.2, -0.15) is 0 Å². The Morgan fingerprint density at radius 2 is 1.02 bits per heavy atom. The molecular weight excluding hydrogens is 713 g/mol. The van der Waals surface area contributed by atoms with Gasteiger partial charge in [0.1, 0.15) is 5.82 Å². The monoisotopic (exact) mass is 752 g/mol. The molecule has 0 aliphatic heterocycles. The molecule has 1 aromatic heterocycles. The minimum Gasteiger partial charge on any atom is -0.292 e. The van der Waals surface area contributed by atoms with Crippen LogP contribution < -0.4 is 0 Å². The molecule has 0 atom stereocenters. The molecular formula is C57H40N2. The van der Waals surface area contributed by atoms with E-state index in [1.165, 1.54) is 98.7 Å². The molecule has 11 aromatic rings. The Morgan fingerprint density at radius 3 is 1.83 bits per heavy atom. The van der Waals surface area contributed by atoms with Crippen molar-refractivity contribution in [2.45, 2.75) is 38.5 Å². The quantitative estimate of drug-likeness (QED) is 0.164. The van der Waals surface area contributed by atoms with Gasteiger partial charge in [-0.3, -0.25) is 4.57 Å². The Labute approximate surface area is 343 Å². The lowest BCUT2D eigenvalue weighted by molar-refractivity contribution is 0.652. The smallest absolute Gasteiger partial charge is 0.145 e. The van der Waals surface area contributed by atoms with Gasteiger partial charge in [0.25, 0.3) is 0 Å². The normalized spacial score (nSPS) is 14.7. The Balaban J connectivity index is 0.984. The van der Waals surface area contributed by atoms with Gasteiger partial charge in [-0.15, -0.1) is 0 Å². The fraction of sp³-hybridized carbons (Fsp3) is 0.105. The number of hydrogen-bond donors (Lipinski definition) is 0. The molecule has 0 bridgehead atoms. The fourth-order valence-corrected chi connectivity index (χ4v) is 11.2. The van der Waals surface area contributed by atoms with Gasteiger partial charge in [-0.1, -0.05) is 155 Å². The number of para-hydroxylation sites is 3. The van der Waals surface area contributed by atoms with Gasteiger partial charge >= 0.3 is 0 Å². The van der Waals surface area contributed by atoms with Crippen molar-refractivity contribution in [3.8, 4) is 50.5 Å². The Bertz CT molecular complexity index is 3580. The second-order valence-electron chi connectivity index (χ2n) is 17.9. The van der Waals surface area contributed by atoms with Crippen LogP contribution in [0, 0.1) is 0 Å². The first-order valence-electron chi connectivity index (χ1n) is 20.9. The molecule has 10 aromatic carbocycles. The first-order valence-corrected chi connectivity index (χ1v) is 20.9. The van der Waals surface area contributed by atoms with Crippen LogP contribution in [-0.4, -0.2) is 9.55 Å². The molecule has 1 heterocycles. The van der Waals surface area contributed by atoms with Crippen molar-refractivity contribution < 1.29 is 0 Å². The zero-order valence-corrected chi connectivity index (χ0v) is 33.6. The number of hydrogen-bond acceptors (Lipinski definition) is 1. The summed E-state index contributed by atoms with van der Waals surface area (Å²) >= 11 is 0. The zero-order chi connectivity index (χ0) is 39.4. The second kappa shape index (κ2) is 11.3. The SMILES string of the molecule is CC1(C)c2cc3c(cc2-c2c1ccc1ccccc21)C(C)(C)c1cc2ccc4c(-c5ccc(-c6nc7ccccc7n6-c6ccccc6)cc5)ccc5ccc(c1-3)c2c54. The maximum Gasteiger partial charge on any atom is 0.145 e. The number of benzene rings is 10. The van der Waals surface area contributed by atoms with Crippen LogP contribution >= 0.6 is 0 Å². The summed E-state index contributed by atoms with van der Waals surface area (Å²) in [5, 5.41) is 10.6. The molecule has 0 N–H and O–H groups in total. The van der Waals surface area contributed by atoms with E-state index in [-0.39, 0.29) is 10.8 Å². The lowest BCUT2D eigenvalue weighted by atomic mass is 9.79. The molecule has 0 fully saturated rings. The van der Waals surface area contributed by atoms with Gasteiger partial charge in [-0.25, -0.2) is 4.98 Å². The van der Waals surface area contributed by atoms with Crippen molar-refractivity contribution >= 4 is 54.1 Å². The van der Waals surface area contributed by atoms with Gasteiger partial charge in [0.05, 0.1) is 11.0 Å². The Hall–Kier alpha value is -7.03. The van der Waals surface area contributed by atoms with Gasteiger partial charge in [0.15, 0.2) is 0 Å². The first-order chi connectivity index (χ1) is 28.8. The van der Waals surface area contributed by atoms with E-state index >= 15 is 0 Å². The van der Waals surface area contributed by atoms with Crippen molar-refractivity contribution in [2.75, 3.05) is 0 Å². The number of aromatic nitrogens is 2. The third kappa shape index (κ3) is 4.28. The summed E-state index contributed by atoms with van der Waals surface area (Å²) in [7, 11) is 0. The third-order valence-electron chi connectivity index (χ3n) is 14.1. The van der Waals surface area contributed by atoms with Crippen molar-refractivity contribution in [1.82, 2.24) is 9.55 Å². The van der Waals surface area contributed by atoms with E-state index in [1.807, 2.05) is 0 Å². The molecule has 0 amide bonds.